The monoisotopic (exact) mass is 746 g/mol. The molecule has 2 unspecified atom stereocenters. The van der Waals surface area contributed by atoms with Crippen LogP contribution in [-0.2, 0) is 32.1 Å². The van der Waals surface area contributed by atoms with Crippen molar-refractivity contribution in [3.8, 4) is 6.07 Å². The summed E-state index contributed by atoms with van der Waals surface area (Å²) < 4.78 is 47.6. The van der Waals surface area contributed by atoms with Crippen LogP contribution in [0, 0.1) is 17.2 Å². The SMILES string of the molecule is CC(C)C(=O)Nc1nc2c(ncn2[C@@H]2O[C@@H](COP(OCCC#N)N(C(C)C)C(C)C)[C@@H](OP(N)(=O)O)[C@H]2O[Si](C)(C)C(C)(C)C)c(=O)[nH]1. The number of H-pyrrole nitrogens is 1. The first kappa shape index (κ1) is 41.3. The van der Waals surface area contributed by atoms with Gasteiger partial charge in [0.05, 0.1) is 32.0 Å². The summed E-state index contributed by atoms with van der Waals surface area (Å²) in [5.74, 6) is -0.829. The number of aromatic nitrogens is 4. The number of hydrogen-bond acceptors (Lipinski definition) is 12. The van der Waals surface area contributed by atoms with E-state index in [2.05, 4.69) is 26.3 Å². The van der Waals surface area contributed by atoms with Gasteiger partial charge in [-0.25, -0.2) is 19.7 Å². The van der Waals surface area contributed by atoms with Crippen LogP contribution in [-0.4, -0.2) is 86.9 Å². The van der Waals surface area contributed by atoms with Crippen molar-refractivity contribution < 1.29 is 37.0 Å². The fourth-order valence-electron chi connectivity index (χ4n) is 4.89. The Morgan fingerprint density at radius 2 is 1.88 bits per heavy atom. The highest BCUT2D eigenvalue weighted by molar-refractivity contribution is 7.50. The summed E-state index contributed by atoms with van der Waals surface area (Å²) in [6.45, 7) is 21.5. The molecule has 0 spiro atoms. The lowest BCUT2D eigenvalue weighted by atomic mass is 10.1. The number of aromatic amines is 1. The first-order chi connectivity index (χ1) is 22.6. The van der Waals surface area contributed by atoms with E-state index in [1.54, 1.807) is 13.8 Å². The molecule has 2 aromatic rings. The molecule has 6 atom stereocenters. The Balaban J connectivity index is 2.15. The predicted molar refractivity (Wildman–Crippen MR) is 188 cm³/mol. The molecule has 0 radical (unpaired) electrons. The van der Waals surface area contributed by atoms with Crippen LogP contribution in [0.4, 0.5) is 5.95 Å². The van der Waals surface area contributed by atoms with Crippen molar-refractivity contribution in [2.45, 2.75) is 123 Å². The molecule has 1 fully saturated rings. The predicted octanol–water partition coefficient (Wildman–Crippen LogP) is 4.74. The number of anilines is 1. The Bertz CT molecular complexity index is 1580. The van der Waals surface area contributed by atoms with Crippen molar-refractivity contribution in [2.24, 2.45) is 11.4 Å². The number of nitrogens with zero attached hydrogens (tertiary/aromatic N) is 5. The van der Waals surface area contributed by atoms with E-state index in [-0.39, 0.29) is 65.7 Å². The van der Waals surface area contributed by atoms with Crippen molar-refractivity contribution in [2.75, 3.05) is 18.5 Å². The molecule has 0 bridgehead atoms. The Labute approximate surface area is 289 Å². The Morgan fingerprint density at radius 3 is 2.41 bits per heavy atom. The number of carbonyl (C=O) groups excluding carboxylic acids is 1. The maximum absolute atomic E-state index is 13.0. The third-order valence-electron chi connectivity index (χ3n) is 8.28. The molecule has 1 saturated heterocycles. The molecule has 276 valence electrons. The molecule has 2 aromatic heterocycles. The molecular weight excluding hydrogens is 694 g/mol. The second-order valence-corrected chi connectivity index (χ2v) is 21.8. The van der Waals surface area contributed by atoms with E-state index in [1.165, 1.54) is 10.9 Å². The van der Waals surface area contributed by atoms with Gasteiger partial charge in [0.15, 0.2) is 25.7 Å². The summed E-state index contributed by atoms with van der Waals surface area (Å²) in [5.41, 5.74) is 5.04. The van der Waals surface area contributed by atoms with E-state index in [1.807, 2.05) is 66.2 Å². The van der Waals surface area contributed by atoms with Crippen LogP contribution < -0.4 is 16.4 Å². The van der Waals surface area contributed by atoms with Crippen LogP contribution >= 0.6 is 16.3 Å². The van der Waals surface area contributed by atoms with Gasteiger partial charge in [0.25, 0.3) is 14.1 Å². The summed E-state index contributed by atoms with van der Waals surface area (Å²) in [5, 5.41) is 11.4. The van der Waals surface area contributed by atoms with Crippen molar-refractivity contribution in [1.82, 2.24) is 24.2 Å². The van der Waals surface area contributed by atoms with E-state index in [9.17, 15) is 19.0 Å². The number of hydrogen-bond donors (Lipinski definition) is 4. The minimum atomic E-state index is -4.62. The van der Waals surface area contributed by atoms with Crippen molar-refractivity contribution in [3.05, 3.63) is 16.7 Å². The molecule has 3 rings (SSSR count). The van der Waals surface area contributed by atoms with Gasteiger partial charge in [-0.2, -0.15) is 10.2 Å². The van der Waals surface area contributed by atoms with Crippen LogP contribution in [0.15, 0.2) is 11.1 Å². The third-order valence-corrected chi connectivity index (χ3v) is 15.4. The number of imidazole rings is 1. The van der Waals surface area contributed by atoms with Crippen molar-refractivity contribution in [1.29, 1.82) is 5.26 Å². The van der Waals surface area contributed by atoms with Crippen LogP contribution in [0.1, 0.15) is 75.0 Å². The van der Waals surface area contributed by atoms with Gasteiger partial charge >= 0.3 is 7.75 Å². The summed E-state index contributed by atoms with van der Waals surface area (Å²) >= 11 is 0. The molecule has 5 N–H and O–H groups in total. The molecule has 3 heterocycles. The zero-order chi connectivity index (χ0) is 37.1. The van der Waals surface area contributed by atoms with E-state index in [0.29, 0.717) is 0 Å². The summed E-state index contributed by atoms with van der Waals surface area (Å²) in [4.78, 5) is 47.1. The smallest absolute Gasteiger partial charge is 0.400 e. The molecule has 49 heavy (non-hydrogen) atoms. The van der Waals surface area contributed by atoms with Crippen LogP contribution in [0.3, 0.4) is 0 Å². The first-order valence-corrected chi connectivity index (χ1v) is 21.9. The molecular formula is C29H52N8O9P2Si. The summed E-state index contributed by atoms with van der Waals surface area (Å²) in [6, 6.07) is 2.10. The number of amides is 1. The zero-order valence-corrected chi connectivity index (χ0v) is 33.0. The number of nitrogens with two attached hydrogens (primary N) is 1. The number of nitriles is 1. The number of ether oxygens (including phenoxy) is 1. The summed E-state index contributed by atoms with van der Waals surface area (Å²) in [7, 11) is -9.00. The minimum Gasteiger partial charge on any atom is -0.407 e. The van der Waals surface area contributed by atoms with E-state index < -0.39 is 54.7 Å². The molecule has 1 amide bonds. The van der Waals surface area contributed by atoms with Gasteiger partial charge in [0.2, 0.25) is 11.9 Å². The molecule has 0 aliphatic carbocycles. The molecule has 1 aliphatic rings. The van der Waals surface area contributed by atoms with E-state index in [0.717, 1.165) is 0 Å². The van der Waals surface area contributed by atoms with Crippen LogP contribution in [0.5, 0.6) is 0 Å². The quantitative estimate of drug-likeness (QED) is 0.103. The van der Waals surface area contributed by atoms with Crippen molar-refractivity contribution in [3.63, 3.8) is 0 Å². The number of carbonyl (C=O) groups is 1. The average molecular weight is 747 g/mol. The maximum atomic E-state index is 13.0. The highest BCUT2D eigenvalue weighted by Gasteiger charge is 2.54. The van der Waals surface area contributed by atoms with Gasteiger partial charge in [-0.3, -0.25) is 29.0 Å². The highest BCUT2D eigenvalue weighted by Crippen LogP contribution is 2.50. The average Bonchev–Trinajstić information content (AvgIpc) is 3.51. The third kappa shape index (κ3) is 10.5. The van der Waals surface area contributed by atoms with E-state index >= 15 is 0 Å². The largest absolute Gasteiger partial charge is 0.407 e. The topological polar surface area (TPSA) is 229 Å². The normalized spacial score (nSPS) is 22.3. The Kier molecular flexibility index (Phi) is 13.9. The van der Waals surface area contributed by atoms with Gasteiger partial charge in [0.1, 0.15) is 18.3 Å². The Hall–Kier alpha value is -2.13. The molecule has 0 saturated carbocycles. The fraction of sp³-hybridized carbons (Fsp3) is 0.759. The Morgan fingerprint density at radius 1 is 1.24 bits per heavy atom. The van der Waals surface area contributed by atoms with Crippen molar-refractivity contribution >= 4 is 47.6 Å². The number of nitrogens with one attached hydrogen (secondary N) is 2. The zero-order valence-electron chi connectivity index (χ0n) is 30.2. The number of fused-ring (bicyclic) bond motifs is 1. The van der Waals surface area contributed by atoms with E-state index in [4.69, 9.17) is 33.5 Å². The molecule has 20 heteroatoms. The van der Waals surface area contributed by atoms with Gasteiger partial charge in [-0.05, 0) is 45.8 Å². The van der Waals surface area contributed by atoms with Crippen LogP contribution in [0.25, 0.3) is 11.2 Å². The van der Waals surface area contributed by atoms with Crippen LogP contribution in [0.2, 0.25) is 18.1 Å². The molecule has 1 aliphatic heterocycles. The van der Waals surface area contributed by atoms with Gasteiger partial charge in [0, 0.05) is 18.0 Å². The summed E-state index contributed by atoms with van der Waals surface area (Å²) in [6.07, 6.45) is -2.91. The standard InChI is InChI=1S/C29H52N8O9P2Si/c1-17(2)25(38)34-28-33-24-21(26(39)35-28)32-16-36(24)27-23(46-49(10,11)29(7,8)9)22(45-48(31,40)41)20(44-27)15-43-47(42-14-12-13-30)37(18(3)4)19(5)6/h16-20,22-23,27H,12,14-15H2,1-11H3,(H3,31,40,41)(H2,33,34,35,38,39)/t20-,22+,23+,27+,47?/m0/s1. The second-order valence-electron chi connectivity index (χ2n) is 14.3. The first-order valence-electron chi connectivity index (χ1n) is 16.2. The minimum absolute atomic E-state index is 0.0146. The van der Waals surface area contributed by atoms with Gasteiger partial charge < -0.3 is 23.1 Å². The highest BCUT2D eigenvalue weighted by atomic mass is 31.2. The molecule has 0 aromatic carbocycles. The van der Waals surface area contributed by atoms with Gasteiger partial charge in [-0.1, -0.05) is 34.6 Å². The maximum Gasteiger partial charge on any atom is 0.400 e. The second kappa shape index (κ2) is 16.5. The fourth-order valence-corrected chi connectivity index (χ4v) is 8.40. The molecule has 17 nitrogen and oxygen atoms in total. The number of rotatable bonds is 16. The lowest BCUT2D eigenvalue weighted by Gasteiger charge is -2.40. The lowest BCUT2D eigenvalue weighted by Crippen LogP contribution is -2.49. The van der Waals surface area contributed by atoms with Gasteiger partial charge in [-0.15, -0.1) is 0 Å². The lowest BCUT2D eigenvalue weighted by molar-refractivity contribution is -0.118.